The molecule has 1 N–H and O–H groups in total. The Hall–Kier alpha value is -2.13. The van der Waals surface area contributed by atoms with Crippen molar-refractivity contribution in [2.45, 2.75) is 63.3 Å². The molecule has 0 aromatic carbocycles. The van der Waals surface area contributed by atoms with Crippen LogP contribution < -0.4 is 0 Å². The molecule has 0 spiro atoms. The van der Waals surface area contributed by atoms with Crippen LogP contribution in [0, 0.1) is 0 Å². The number of likely N-dealkylation sites (tertiary alicyclic amines) is 1. The predicted octanol–water partition coefficient (Wildman–Crippen LogP) is 3.08. The minimum Gasteiger partial charge on any atom is -0.444 e. The minimum absolute atomic E-state index is 0.0917. The molecule has 2 saturated heterocycles. The van der Waals surface area contributed by atoms with E-state index in [1.807, 2.05) is 19.2 Å². The maximum atomic E-state index is 13.2. The average molecular weight is 435 g/mol. The smallest absolute Gasteiger partial charge is 0.410 e. The number of rotatable bonds is 3. The third-order valence-electron chi connectivity index (χ3n) is 5.99. The number of carbonyl (C=O) groups excluding carboxylic acids is 1. The molecule has 9 heteroatoms. The van der Waals surface area contributed by atoms with E-state index in [2.05, 4.69) is 16.0 Å². The molecular weight excluding hydrogens is 404 g/mol. The first kappa shape index (κ1) is 21.1. The van der Waals surface area contributed by atoms with Crippen molar-refractivity contribution in [3.05, 3.63) is 30.1 Å². The first-order chi connectivity index (χ1) is 14.1. The van der Waals surface area contributed by atoms with Crippen LogP contribution in [0.1, 0.15) is 52.0 Å². The van der Waals surface area contributed by atoms with Crippen LogP contribution in [0.5, 0.6) is 0 Å². The van der Waals surface area contributed by atoms with Gasteiger partial charge in [-0.25, -0.2) is 18.2 Å². The van der Waals surface area contributed by atoms with Gasteiger partial charge in [-0.1, -0.05) is 0 Å². The van der Waals surface area contributed by atoms with Crippen molar-refractivity contribution in [1.29, 1.82) is 0 Å². The SMILES string of the molecule is C[C@@H]1CC(c2c[nH]c3ncccc23)CCN1S(=O)(=O)C1CN(C(=O)OC(C)(C)C)C1. The molecule has 2 fully saturated rings. The number of piperidine rings is 1. The third kappa shape index (κ3) is 3.92. The van der Waals surface area contributed by atoms with Crippen LogP contribution >= 0.6 is 0 Å². The molecule has 2 aromatic rings. The summed E-state index contributed by atoms with van der Waals surface area (Å²) in [5.74, 6) is 0.295. The highest BCUT2D eigenvalue weighted by molar-refractivity contribution is 7.89. The normalized spacial score (nSPS) is 24.1. The van der Waals surface area contributed by atoms with Gasteiger partial charge in [0.2, 0.25) is 10.0 Å². The van der Waals surface area contributed by atoms with Crippen molar-refractivity contribution in [1.82, 2.24) is 19.2 Å². The number of pyridine rings is 1. The second-order valence-corrected chi connectivity index (χ2v) is 11.5. The summed E-state index contributed by atoms with van der Waals surface area (Å²) < 4.78 is 33.3. The van der Waals surface area contributed by atoms with E-state index in [1.165, 1.54) is 10.5 Å². The Kier molecular flexibility index (Phi) is 5.30. The lowest BCUT2D eigenvalue weighted by molar-refractivity contribution is 0.0134. The summed E-state index contributed by atoms with van der Waals surface area (Å²) in [6.07, 6.45) is 4.86. The standard InChI is InChI=1S/C21H30N4O4S/c1-14-10-15(18-11-23-19-17(18)6-5-8-22-19)7-9-25(14)30(27,28)16-12-24(13-16)20(26)29-21(2,3)4/h5-6,8,11,14-16H,7,9-10,12-13H2,1-4H3,(H,22,23)/t14-,15?/m1/s1. The highest BCUT2D eigenvalue weighted by atomic mass is 32.2. The van der Waals surface area contributed by atoms with Crippen LogP contribution in [0.3, 0.4) is 0 Å². The van der Waals surface area contributed by atoms with Gasteiger partial charge < -0.3 is 14.6 Å². The molecule has 4 heterocycles. The van der Waals surface area contributed by atoms with Crippen LogP contribution in [-0.4, -0.2) is 70.2 Å². The number of hydrogen-bond donors (Lipinski definition) is 1. The summed E-state index contributed by atoms with van der Waals surface area (Å²) in [5.41, 5.74) is 1.49. The fraction of sp³-hybridized carbons (Fsp3) is 0.619. The number of ether oxygens (including phenoxy) is 1. The lowest BCUT2D eigenvalue weighted by Crippen LogP contribution is -2.62. The van der Waals surface area contributed by atoms with Crippen LogP contribution in [0.15, 0.2) is 24.5 Å². The topological polar surface area (TPSA) is 95.6 Å². The molecule has 0 bridgehead atoms. The molecule has 8 nitrogen and oxygen atoms in total. The van der Waals surface area contributed by atoms with Crippen molar-refractivity contribution >= 4 is 27.1 Å². The maximum absolute atomic E-state index is 13.2. The Bertz CT molecular complexity index is 1040. The number of nitrogens with zero attached hydrogens (tertiary/aromatic N) is 3. The molecule has 2 aliphatic rings. The lowest BCUT2D eigenvalue weighted by atomic mass is 9.87. The van der Waals surface area contributed by atoms with Crippen molar-refractivity contribution in [2.24, 2.45) is 0 Å². The number of sulfonamides is 1. The molecule has 4 rings (SSSR count). The van der Waals surface area contributed by atoms with Gasteiger partial charge in [0.05, 0.1) is 0 Å². The van der Waals surface area contributed by atoms with Crippen LogP contribution in [-0.2, 0) is 14.8 Å². The van der Waals surface area contributed by atoms with Crippen LogP contribution in [0.4, 0.5) is 4.79 Å². The molecule has 30 heavy (non-hydrogen) atoms. The Morgan fingerprint density at radius 1 is 1.30 bits per heavy atom. The molecule has 2 atom stereocenters. The zero-order chi connectivity index (χ0) is 21.7. The fourth-order valence-corrected chi connectivity index (χ4v) is 6.49. The Morgan fingerprint density at radius 3 is 2.70 bits per heavy atom. The molecule has 2 aromatic heterocycles. The van der Waals surface area contributed by atoms with Gasteiger partial charge in [-0.2, -0.15) is 4.31 Å². The first-order valence-corrected chi connectivity index (χ1v) is 12.0. The molecule has 164 valence electrons. The number of amides is 1. The second-order valence-electron chi connectivity index (χ2n) is 9.38. The third-order valence-corrected chi connectivity index (χ3v) is 8.32. The number of carbonyl (C=O) groups is 1. The molecule has 1 unspecified atom stereocenters. The summed E-state index contributed by atoms with van der Waals surface area (Å²) in [7, 11) is -3.46. The number of aromatic amines is 1. The van der Waals surface area contributed by atoms with Gasteiger partial charge in [-0.15, -0.1) is 0 Å². The van der Waals surface area contributed by atoms with Crippen LogP contribution in [0.2, 0.25) is 0 Å². The predicted molar refractivity (Wildman–Crippen MR) is 115 cm³/mol. The van der Waals surface area contributed by atoms with E-state index in [0.29, 0.717) is 12.5 Å². The highest BCUT2D eigenvalue weighted by Gasteiger charge is 2.46. The van der Waals surface area contributed by atoms with E-state index in [4.69, 9.17) is 4.74 Å². The van der Waals surface area contributed by atoms with Gasteiger partial charge >= 0.3 is 6.09 Å². The monoisotopic (exact) mass is 434 g/mol. The summed E-state index contributed by atoms with van der Waals surface area (Å²) in [5, 5.41) is 0.555. The van der Waals surface area contributed by atoms with Gasteiger partial charge in [-0.3, -0.25) is 0 Å². The average Bonchev–Trinajstić information content (AvgIpc) is 3.02. The summed E-state index contributed by atoms with van der Waals surface area (Å²) >= 11 is 0. The Balaban J connectivity index is 1.39. The van der Waals surface area contributed by atoms with E-state index in [9.17, 15) is 13.2 Å². The van der Waals surface area contributed by atoms with Crippen LogP contribution in [0.25, 0.3) is 11.0 Å². The molecule has 0 aliphatic carbocycles. The zero-order valence-electron chi connectivity index (χ0n) is 18.0. The molecule has 0 saturated carbocycles. The number of nitrogens with one attached hydrogen (secondary N) is 1. The quantitative estimate of drug-likeness (QED) is 0.801. The van der Waals surface area contributed by atoms with E-state index in [0.717, 1.165) is 23.9 Å². The Labute approximate surface area is 177 Å². The zero-order valence-corrected chi connectivity index (χ0v) is 18.8. The van der Waals surface area contributed by atoms with Gasteiger partial charge in [0.25, 0.3) is 0 Å². The molecule has 2 aliphatic heterocycles. The summed E-state index contributed by atoms with van der Waals surface area (Å²) in [6.45, 7) is 8.25. The van der Waals surface area contributed by atoms with E-state index in [-0.39, 0.29) is 19.1 Å². The Morgan fingerprint density at radius 2 is 2.03 bits per heavy atom. The number of H-pyrrole nitrogens is 1. The largest absolute Gasteiger partial charge is 0.444 e. The fourth-order valence-electron chi connectivity index (χ4n) is 4.42. The number of aromatic nitrogens is 2. The van der Waals surface area contributed by atoms with Crippen molar-refractivity contribution in [3.8, 4) is 0 Å². The first-order valence-electron chi connectivity index (χ1n) is 10.5. The van der Waals surface area contributed by atoms with Gasteiger partial charge in [0, 0.05) is 43.5 Å². The van der Waals surface area contributed by atoms with E-state index >= 15 is 0 Å². The number of hydrogen-bond acceptors (Lipinski definition) is 5. The van der Waals surface area contributed by atoms with Crippen molar-refractivity contribution in [3.63, 3.8) is 0 Å². The molecule has 1 amide bonds. The highest BCUT2D eigenvalue weighted by Crippen LogP contribution is 2.37. The van der Waals surface area contributed by atoms with E-state index in [1.54, 1.807) is 31.3 Å². The van der Waals surface area contributed by atoms with Crippen molar-refractivity contribution in [2.75, 3.05) is 19.6 Å². The number of fused-ring (bicyclic) bond motifs is 1. The van der Waals surface area contributed by atoms with E-state index < -0.39 is 27.0 Å². The second kappa shape index (κ2) is 7.53. The van der Waals surface area contributed by atoms with Gasteiger partial charge in [-0.05, 0) is 64.2 Å². The molecule has 0 radical (unpaired) electrons. The summed E-state index contributed by atoms with van der Waals surface area (Å²) in [4.78, 5) is 21.2. The lowest BCUT2D eigenvalue weighted by Gasteiger charge is -2.44. The van der Waals surface area contributed by atoms with Gasteiger partial charge in [0.15, 0.2) is 0 Å². The summed E-state index contributed by atoms with van der Waals surface area (Å²) in [6, 6.07) is 3.89. The molecular formula is C21H30N4O4S. The van der Waals surface area contributed by atoms with Crippen molar-refractivity contribution < 1.29 is 17.9 Å². The maximum Gasteiger partial charge on any atom is 0.410 e. The minimum atomic E-state index is -3.46. The van der Waals surface area contributed by atoms with Gasteiger partial charge in [0.1, 0.15) is 16.5 Å².